The lowest BCUT2D eigenvalue weighted by Gasteiger charge is -2.61. The second-order valence-corrected chi connectivity index (χ2v) is 13.5. The van der Waals surface area contributed by atoms with Gasteiger partial charge in [-0.15, -0.1) is 5.10 Å². The Bertz CT molecular complexity index is 2140. The summed E-state index contributed by atoms with van der Waals surface area (Å²) in [5.74, 6) is -0.720. The molecule has 1 saturated carbocycles. The summed E-state index contributed by atoms with van der Waals surface area (Å²) in [5, 5.41) is 23.9. The molecule has 3 aromatic heterocycles. The fraction of sp³-hybridized carbons (Fsp3) is 0.438. The lowest BCUT2D eigenvalue weighted by molar-refractivity contribution is -0.137. The van der Waals surface area contributed by atoms with Gasteiger partial charge in [0.15, 0.2) is 17.3 Å². The van der Waals surface area contributed by atoms with Gasteiger partial charge in [-0.2, -0.15) is 27.8 Å². The van der Waals surface area contributed by atoms with Gasteiger partial charge in [0, 0.05) is 29.8 Å². The van der Waals surface area contributed by atoms with Gasteiger partial charge in [-0.05, 0) is 68.2 Å². The average Bonchev–Trinajstić information content (AvgIpc) is 3.81. The van der Waals surface area contributed by atoms with Crippen LogP contribution in [0.1, 0.15) is 58.1 Å². The third-order valence-electron chi connectivity index (χ3n) is 10.5. The van der Waals surface area contributed by atoms with E-state index in [4.69, 9.17) is 21.3 Å². The normalized spacial score (nSPS) is 23.0. The minimum Gasteiger partial charge on any atom is -0.504 e. The second kappa shape index (κ2) is 11.2. The van der Waals surface area contributed by atoms with Gasteiger partial charge < -0.3 is 24.6 Å². The van der Waals surface area contributed by atoms with E-state index < -0.39 is 23.1 Å². The molecule has 3 aliphatic heterocycles. The number of benzene rings is 1. The van der Waals surface area contributed by atoms with Crippen molar-refractivity contribution in [1.82, 2.24) is 34.3 Å². The molecule has 2 saturated heterocycles. The molecule has 13 nitrogen and oxygen atoms in total. The maximum atomic E-state index is 14.4. The van der Waals surface area contributed by atoms with E-state index in [2.05, 4.69) is 20.6 Å². The van der Waals surface area contributed by atoms with Crippen molar-refractivity contribution in [1.29, 1.82) is 0 Å². The highest BCUT2D eigenvalue weighted by atomic mass is 35.5. The predicted octanol–water partition coefficient (Wildman–Crippen LogP) is 3.72. The molecule has 3 fully saturated rings. The number of H-pyrrole nitrogens is 1. The molecule has 9 rings (SSSR count). The van der Waals surface area contributed by atoms with Crippen LogP contribution in [-0.4, -0.2) is 77.5 Å². The Morgan fingerprint density at radius 2 is 2.00 bits per heavy atom. The zero-order valence-electron chi connectivity index (χ0n) is 26.1. The molecule has 6 heterocycles. The zero-order chi connectivity index (χ0) is 34.4. The number of nitrogens with one attached hydrogen (secondary N) is 2. The molecule has 5 aliphatic rings. The van der Waals surface area contributed by atoms with Crippen molar-refractivity contribution in [3.05, 3.63) is 73.7 Å². The molecule has 2 atom stereocenters. The Morgan fingerprint density at radius 3 is 2.65 bits per heavy atom. The van der Waals surface area contributed by atoms with Gasteiger partial charge in [0.25, 0.3) is 11.5 Å². The number of aromatic amines is 1. The van der Waals surface area contributed by atoms with Crippen molar-refractivity contribution in [2.24, 2.45) is 11.8 Å². The monoisotopic (exact) mass is 698 g/mol. The van der Waals surface area contributed by atoms with Crippen LogP contribution >= 0.6 is 11.6 Å². The number of ether oxygens (including phenoxy) is 1. The number of aryl methyl sites for hydroxylation is 1. The van der Waals surface area contributed by atoms with Crippen LogP contribution in [-0.2, 0) is 34.1 Å². The number of hydrogen-bond acceptors (Lipinski definition) is 8. The van der Waals surface area contributed by atoms with Crippen molar-refractivity contribution >= 4 is 40.5 Å². The minimum atomic E-state index is -4.60. The summed E-state index contributed by atoms with van der Waals surface area (Å²) in [4.78, 5) is 47.6. The Kier molecular flexibility index (Phi) is 7.19. The van der Waals surface area contributed by atoms with Crippen LogP contribution in [0.15, 0.2) is 29.1 Å². The fourth-order valence-electron chi connectivity index (χ4n) is 8.17. The highest BCUT2D eigenvalue weighted by molar-refractivity contribution is 6.33. The van der Waals surface area contributed by atoms with Crippen molar-refractivity contribution in [2.75, 3.05) is 31.6 Å². The van der Waals surface area contributed by atoms with Crippen molar-refractivity contribution in [3.63, 3.8) is 0 Å². The van der Waals surface area contributed by atoms with Crippen molar-refractivity contribution < 1.29 is 32.6 Å². The molecular weight excluding hydrogens is 669 g/mol. The first-order valence-corrected chi connectivity index (χ1v) is 16.2. The van der Waals surface area contributed by atoms with Crippen molar-refractivity contribution in [2.45, 2.75) is 50.7 Å². The first-order chi connectivity index (χ1) is 23.4. The number of alkyl halides is 3. The van der Waals surface area contributed by atoms with E-state index in [1.165, 1.54) is 4.52 Å². The summed E-state index contributed by atoms with van der Waals surface area (Å²) < 4.78 is 47.9. The number of piperidine rings is 2. The topological polar surface area (TPSA) is 160 Å². The largest absolute Gasteiger partial charge is 0.504 e. The third kappa shape index (κ3) is 4.86. The van der Waals surface area contributed by atoms with E-state index in [0.717, 1.165) is 30.2 Å². The van der Waals surface area contributed by atoms with Crippen LogP contribution in [0.5, 0.6) is 5.75 Å². The van der Waals surface area contributed by atoms with Gasteiger partial charge in [0.05, 0.1) is 29.5 Å². The highest BCUT2D eigenvalue weighted by Gasteiger charge is 2.64. The molecule has 1 spiro atoms. The third-order valence-corrected chi connectivity index (χ3v) is 10.9. The van der Waals surface area contributed by atoms with Gasteiger partial charge in [0.1, 0.15) is 12.2 Å². The van der Waals surface area contributed by atoms with Gasteiger partial charge >= 0.3 is 6.18 Å². The van der Waals surface area contributed by atoms with E-state index in [9.17, 15) is 32.7 Å². The molecule has 2 bridgehead atoms. The van der Waals surface area contributed by atoms with Crippen LogP contribution in [0.25, 0.3) is 11.4 Å². The van der Waals surface area contributed by atoms with Crippen LogP contribution in [0.4, 0.5) is 18.9 Å². The zero-order valence-corrected chi connectivity index (χ0v) is 26.9. The molecule has 1 aromatic carbocycles. The fourth-order valence-corrected chi connectivity index (χ4v) is 8.40. The summed E-state index contributed by atoms with van der Waals surface area (Å²) in [7, 11) is 0. The van der Waals surface area contributed by atoms with Crippen LogP contribution < -0.4 is 10.9 Å². The summed E-state index contributed by atoms with van der Waals surface area (Å²) in [6, 6.07) is 2.69. The number of amides is 2. The smallest absolute Gasteiger partial charge is 0.416 e. The van der Waals surface area contributed by atoms with E-state index in [0.29, 0.717) is 68.3 Å². The number of fused-ring (bicyclic) bond motifs is 4. The van der Waals surface area contributed by atoms with Gasteiger partial charge in [-0.3, -0.25) is 19.5 Å². The molecule has 2 amide bonds. The number of aromatic nitrogens is 6. The number of aromatic hydroxyl groups is 1. The van der Waals surface area contributed by atoms with Crippen LogP contribution in [0, 0.1) is 18.8 Å². The maximum absolute atomic E-state index is 14.4. The van der Waals surface area contributed by atoms with Crippen LogP contribution in [0.3, 0.4) is 0 Å². The second-order valence-electron chi connectivity index (χ2n) is 13.1. The Hall–Kier alpha value is -4.70. The average molecular weight is 699 g/mol. The molecule has 2 unspecified atom stereocenters. The lowest BCUT2D eigenvalue weighted by atomic mass is 9.48. The van der Waals surface area contributed by atoms with Crippen molar-refractivity contribution in [3.8, 4) is 5.75 Å². The molecule has 17 heteroatoms. The van der Waals surface area contributed by atoms with Gasteiger partial charge in [-0.1, -0.05) is 17.7 Å². The molecule has 2 aliphatic carbocycles. The number of hydrogen-bond donors (Lipinski definition) is 3. The van der Waals surface area contributed by atoms with E-state index in [1.807, 2.05) is 6.08 Å². The molecule has 256 valence electrons. The van der Waals surface area contributed by atoms with Gasteiger partial charge in [0.2, 0.25) is 11.7 Å². The predicted molar refractivity (Wildman–Crippen MR) is 168 cm³/mol. The molecular formula is C32H30ClF3N8O5. The number of anilines is 1. The summed E-state index contributed by atoms with van der Waals surface area (Å²) in [6.07, 6.45) is -0.312. The lowest BCUT2D eigenvalue weighted by Crippen LogP contribution is -2.66. The minimum absolute atomic E-state index is 0.0103. The number of halogens is 4. The molecule has 3 N–H and O–H groups in total. The Labute approximate surface area is 280 Å². The summed E-state index contributed by atoms with van der Waals surface area (Å²) >= 11 is 6.13. The number of rotatable bonds is 5. The maximum Gasteiger partial charge on any atom is 0.416 e. The van der Waals surface area contributed by atoms with E-state index >= 15 is 0 Å². The Morgan fingerprint density at radius 1 is 1.22 bits per heavy atom. The van der Waals surface area contributed by atoms with Gasteiger partial charge in [-0.25, -0.2) is 0 Å². The van der Waals surface area contributed by atoms with Crippen LogP contribution in [0.2, 0.25) is 5.02 Å². The molecule has 0 radical (unpaired) electrons. The van der Waals surface area contributed by atoms with E-state index in [1.54, 1.807) is 16.4 Å². The highest BCUT2D eigenvalue weighted by Crippen LogP contribution is 2.61. The first-order valence-electron chi connectivity index (χ1n) is 15.9. The number of carbonyl (C=O) groups is 2. The quantitative estimate of drug-likeness (QED) is 0.285. The SMILES string of the molecule is Cc1n[nH]c(C(=O)N2CC3CC(C2)C32CCc3c2c(=O)n2nc(C4=CCOCC4)nc2n3CC(=O)Nc2ccc(C(F)(F)F)cc2Cl)c1O. The Balaban J connectivity index is 1.16. The molecule has 4 aromatic rings. The van der Waals surface area contributed by atoms with E-state index in [-0.39, 0.29) is 57.8 Å². The summed E-state index contributed by atoms with van der Waals surface area (Å²) in [5.41, 5.74) is 0.538. The number of nitrogens with zero attached hydrogens (tertiary/aromatic N) is 6. The standard InChI is InChI=1S/C32H30ClF3N8O5/c1-15-26(46)25(40-39-15)29(48)42-12-18-10-19(13-42)31(18)7-4-22-24(31)28(47)44-30(38-27(41-44)16-5-8-49-9-6-16)43(22)14-23(45)37-21-3-2-17(11-20(21)33)32(34,35)36/h2-3,5,11,18-19,46H,4,6-10,12-14H2,1H3,(H,37,45)(H,39,40). The first kappa shape index (κ1) is 31.6. The summed E-state index contributed by atoms with van der Waals surface area (Å²) in [6.45, 7) is 2.87. The molecule has 49 heavy (non-hydrogen) atoms. The number of carbonyl (C=O) groups excluding carboxylic acids is 2.